The molecule has 2 rings (SSSR count). The van der Waals surface area contributed by atoms with Gasteiger partial charge in [-0.25, -0.2) is 9.37 Å². The van der Waals surface area contributed by atoms with Crippen molar-refractivity contribution in [2.24, 2.45) is 5.92 Å². The zero-order valence-corrected chi connectivity index (χ0v) is 15.3. The largest absolute Gasteiger partial charge is 0.302 e. The molecule has 0 saturated heterocycles. The third-order valence-electron chi connectivity index (χ3n) is 3.39. The molecule has 1 unspecified atom stereocenters. The van der Waals surface area contributed by atoms with Gasteiger partial charge in [-0.2, -0.15) is 11.8 Å². The quantitative estimate of drug-likeness (QED) is 0.787. The van der Waals surface area contributed by atoms with E-state index in [0.717, 1.165) is 22.6 Å². The molecule has 1 atom stereocenters. The molecule has 0 N–H and O–H groups in total. The highest BCUT2D eigenvalue weighted by atomic mass is 32.2. The minimum atomic E-state index is -0.395. The number of carbonyl (C=O) groups is 1. The first kappa shape index (κ1) is 17.9. The molecule has 0 aliphatic heterocycles. The first-order valence-corrected chi connectivity index (χ1v) is 9.57. The monoisotopic (exact) mass is 353 g/mol. The van der Waals surface area contributed by atoms with Crippen molar-refractivity contribution < 1.29 is 9.18 Å². The number of carbonyl (C=O) groups excluding carboxylic acids is 1. The predicted molar refractivity (Wildman–Crippen MR) is 95.6 cm³/mol. The Hall–Kier alpha value is -1.47. The van der Waals surface area contributed by atoms with Gasteiger partial charge in [-0.05, 0) is 26.2 Å². The van der Waals surface area contributed by atoms with E-state index in [1.54, 1.807) is 22.9 Å². The first-order chi connectivity index (χ1) is 11.0. The van der Waals surface area contributed by atoms with Crippen molar-refractivity contribution >= 4 is 34.0 Å². The Kier molecular flexibility index (Phi) is 6.12. The van der Waals surface area contributed by atoms with Crippen LogP contribution in [0.3, 0.4) is 0 Å². The summed E-state index contributed by atoms with van der Waals surface area (Å²) in [6.45, 7) is 6.35. The molecule has 4 nitrogen and oxygen atoms in total. The minimum absolute atomic E-state index is 0.0502. The molecule has 0 aliphatic rings. The number of aryl methyl sites for hydroxylation is 1. The predicted octanol–water partition coefficient (Wildman–Crippen LogP) is 4.00. The lowest BCUT2D eigenvalue weighted by Crippen LogP contribution is -2.35. The van der Waals surface area contributed by atoms with E-state index >= 15 is 0 Å². The summed E-state index contributed by atoms with van der Waals surface area (Å²) in [5, 5.41) is 1.50. The second kappa shape index (κ2) is 7.88. The van der Waals surface area contributed by atoms with Crippen molar-refractivity contribution in [2.75, 3.05) is 23.5 Å². The maximum absolute atomic E-state index is 13.4. The normalized spacial score (nSPS) is 12.2. The molecule has 23 heavy (non-hydrogen) atoms. The van der Waals surface area contributed by atoms with Gasteiger partial charge in [0.25, 0.3) is 0 Å². The third kappa shape index (κ3) is 4.09. The molecule has 0 radical (unpaired) electrons. The van der Waals surface area contributed by atoms with Crippen LogP contribution >= 0.6 is 23.1 Å². The summed E-state index contributed by atoms with van der Waals surface area (Å²) in [4.78, 5) is 22.8. The molecule has 0 fully saturated rings. The van der Waals surface area contributed by atoms with Crippen LogP contribution in [0, 0.1) is 18.7 Å². The average molecular weight is 353 g/mol. The van der Waals surface area contributed by atoms with Crippen LogP contribution in [0.25, 0.3) is 10.6 Å². The van der Waals surface area contributed by atoms with E-state index in [0.29, 0.717) is 17.1 Å². The molecular formula is C16H20FN3OS2. The minimum Gasteiger partial charge on any atom is -0.302 e. The number of hydrogen-bond donors (Lipinski definition) is 0. The Labute approximate surface area is 144 Å². The van der Waals surface area contributed by atoms with Gasteiger partial charge in [0.05, 0.1) is 11.9 Å². The van der Waals surface area contributed by atoms with E-state index in [9.17, 15) is 9.18 Å². The molecular weight excluding hydrogens is 333 g/mol. The average Bonchev–Trinajstić information content (AvgIpc) is 2.90. The lowest BCUT2D eigenvalue weighted by atomic mass is 10.2. The van der Waals surface area contributed by atoms with Crippen molar-refractivity contribution in [2.45, 2.75) is 20.8 Å². The van der Waals surface area contributed by atoms with E-state index in [4.69, 9.17) is 0 Å². The number of nitrogens with zero attached hydrogens (tertiary/aromatic N) is 3. The molecule has 0 aromatic carbocycles. The van der Waals surface area contributed by atoms with Gasteiger partial charge in [-0.15, -0.1) is 0 Å². The number of thioether (sulfide) groups is 1. The Morgan fingerprint density at radius 2 is 2.22 bits per heavy atom. The van der Waals surface area contributed by atoms with Crippen LogP contribution in [0.5, 0.6) is 0 Å². The van der Waals surface area contributed by atoms with E-state index in [2.05, 4.69) is 9.97 Å². The molecule has 1 amide bonds. The van der Waals surface area contributed by atoms with E-state index in [1.165, 1.54) is 17.4 Å². The molecule has 2 aromatic heterocycles. The van der Waals surface area contributed by atoms with Crippen molar-refractivity contribution in [3.05, 3.63) is 30.0 Å². The highest BCUT2D eigenvalue weighted by Gasteiger charge is 2.24. The van der Waals surface area contributed by atoms with Gasteiger partial charge in [-0.3, -0.25) is 9.78 Å². The SMILES string of the molecule is CCN(C(=O)C(C)CSC)c1sc(-c2cncc(F)c2)nc1C. The van der Waals surface area contributed by atoms with Crippen molar-refractivity contribution in [3.8, 4) is 10.6 Å². The van der Waals surface area contributed by atoms with Crippen LogP contribution in [0.1, 0.15) is 19.5 Å². The van der Waals surface area contributed by atoms with Gasteiger partial charge < -0.3 is 4.90 Å². The summed E-state index contributed by atoms with van der Waals surface area (Å²) in [6, 6.07) is 1.41. The number of rotatable bonds is 6. The fraction of sp³-hybridized carbons (Fsp3) is 0.438. The van der Waals surface area contributed by atoms with Crippen LogP contribution in [-0.2, 0) is 4.79 Å². The fourth-order valence-electron chi connectivity index (χ4n) is 2.28. The van der Waals surface area contributed by atoms with Gasteiger partial charge in [-0.1, -0.05) is 18.3 Å². The number of hydrogen-bond acceptors (Lipinski definition) is 5. The number of thiazole rings is 1. The number of pyridine rings is 1. The summed E-state index contributed by atoms with van der Waals surface area (Å²) in [5.74, 6) is 0.436. The summed E-state index contributed by atoms with van der Waals surface area (Å²) >= 11 is 3.06. The van der Waals surface area contributed by atoms with E-state index in [-0.39, 0.29) is 11.8 Å². The second-order valence-electron chi connectivity index (χ2n) is 5.24. The molecule has 0 aliphatic carbocycles. The van der Waals surface area contributed by atoms with Gasteiger partial charge in [0, 0.05) is 30.0 Å². The highest BCUT2D eigenvalue weighted by Crippen LogP contribution is 2.35. The van der Waals surface area contributed by atoms with Crippen LogP contribution in [0.15, 0.2) is 18.5 Å². The van der Waals surface area contributed by atoms with Crippen molar-refractivity contribution in [3.63, 3.8) is 0 Å². The molecule has 7 heteroatoms. The summed E-state index contributed by atoms with van der Waals surface area (Å²) in [5.41, 5.74) is 1.41. The molecule has 0 saturated carbocycles. The maximum atomic E-state index is 13.4. The van der Waals surface area contributed by atoms with Crippen LogP contribution < -0.4 is 4.90 Å². The molecule has 0 spiro atoms. The van der Waals surface area contributed by atoms with Gasteiger partial charge in [0.15, 0.2) is 0 Å². The highest BCUT2D eigenvalue weighted by molar-refractivity contribution is 7.98. The number of aromatic nitrogens is 2. The third-order valence-corrected chi connectivity index (χ3v) is 5.45. The maximum Gasteiger partial charge on any atom is 0.231 e. The standard InChI is InChI=1S/C16H20FN3OS2/c1-5-20(15(21)10(2)9-22-4)16-11(3)19-14(23-16)12-6-13(17)8-18-7-12/h6-8,10H,5,9H2,1-4H3. The summed E-state index contributed by atoms with van der Waals surface area (Å²) in [7, 11) is 0. The number of anilines is 1. The summed E-state index contributed by atoms with van der Waals surface area (Å²) in [6.07, 6.45) is 4.74. The molecule has 0 bridgehead atoms. The van der Waals surface area contributed by atoms with Gasteiger partial charge in [0.2, 0.25) is 5.91 Å². The Balaban J connectivity index is 2.33. The van der Waals surface area contributed by atoms with Gasteiger partial charge >= 0.3 is 0 Å². The van der Waals surface area contributed by atoms with Crippen LogP contribution in [0.2, 0.25) is 0 Å². The number of halogens is 1. The Bertz CT molecular complexity index is 690. The Morgan fingerprint density at radius 1 is 1.48 bits per heavy atom. The van der Waals surface area contributed by atoms with E-state index in [1.807, 2.05) is 27.0 Å². The van der Waals surface area contributed by atoms with E-state index < -0.39 is 5.82 Å². The van der Waals surface area contributed by atoms with Crippen molar-refractivity contribution in [1.82, 2.24) is 9.97 Å². The zero-order chi connectivity index (χ0) is 17.0. The molecule has 2 aromatic rings. The second-order valence-corrected chi connectivity index (χ2v) is 7.13. The lowest BCUT2D eigenvalue weighted by molar-refractivity contribution is -0.121. The first-order valence-electron chi connectivity index (χ1n) is 7.36. The van der Waals surface area contributed by atoms with Gasteiger partial charge in [0.1, 0.15) is 15.8 Å². The lowest BCUT2D eigenvalue weighted by Gasteiger charge is -2.23. The smallest absolute Gasteiger partial charge is 0.231 e. The Morgan fingerprint density at radius 3 is 2.83 bits per heavy atom. The van der Waals surface area contributed by atoms with Crippen LogP contribution in [-0.4, -0.2) is 34.4 Å². The van der Waals surface area contributed by atoms with Crippen LogP contribution in [0.4, 0.5) is 9.39 Å². The molecule has 124 valence electrons. The zero-order valence-electron chi connectivity index (χ0n) is 13.7. The topological polar surface area (TPSA) is 46.1 Å². The van der Waals surface area contributed by atoms with Crippen molar-refractivity contribution in [1.29, 1.82) is 0 Å². The number of amides is 1. The molecule has 2 heterocycles. The summed E-state index contributed by atoms with van der Waals surface area (Å²) < 4.78 is 13.4. The fourth-order valence-corrected chi connectivity index (χ4v) is 4.04.